The lowest BCUT2D eigenvalue weighted by Gasteiger charge is -2.15. The van der Waals surface area contributed by atoms with Crippen molar-refractivity contribution in [2.45, 2.75) is 39.7 Å². The van der Waals surface area contributed by atoms with Crippen molar-refractivity contribution in [3.8, 4) is 5.69 Å². The smallest absolute Gasteiger partial charge is 0.339 e. The van der Waals surface area contributed by atoms with Crippen LogP contribution < -0.4 is 0 Å². The number of hydrogen-bond acceptors (Lipinski definition) is 4. The highest BCUT2D eigenvalue weighted by Gasteiger charge is 2.29. The Balaban J connectivity index is 1.62. The largest absolute Gasteiger partial charge is 0.478 e. The number of carboxylic acids is 1. The Morgan fingerprint density at radius 2 is 1.93 bits per heavy atom. The fourth-order valence-corrected chi connectivity index (χ4v) is 3.83. The van der Waals surface area contributed by atoms with Gasteiger partial charge in [-0.3, -0.25) is 4.79 Å². The van der Waals surface area contributed by atoms with Gasteiger partial charge in [0.05, 0.1) is 12.2 Å². The zero-order valence-corrected chi connectivity index (χ0v) is 16.7. The molecule has 1 amide bonds. The minimum Gasteiger partial charge on any atom is -0.478 e. The predicted octanol–water partition coefficient (Wildman–Crippen LogP) is 3.54. The van der Waals surface area contributed by atoms with Crippen molar-refractivity contribution in [3.05, 3.63) is 69.9 Å². The second kappa shape index (κ2) is 7.24. The number of carbonyl (C=O) groups excluding carboxylic acids is 1. The molecule has 4 rings (SSSR count). The van der Waals surface area contributed by atoms with Crippen LogP contribution in [0.15, 0.2) is 34.7 Å². The number of nitrogens with zero attached hydrogens (tertiary/aromatic N) is 3. The molecular weight excluding hydrogens is 370 g/mol. The van der Waals surface area contributed by atoms with Crippen LogP contribution >= 0.6 is 0 Å². The first-order valence-corrected chi connectivity index (χ1v) is 9.61. The highest BCUT2D eigenvalue weighted by Crippen LogP contribution is 2.29. The van der Waals surface area contributed by atoms with E-state index < -0.39 is 5.97 Å². The third kappa shape index (κ3) is 3.44. The molecule has 0 radical (unpaired) electrons. The quantitative estimate of drug-likeness (QED) is 0.716. The van der Waals surface area contributed by atoms with E-state index in [1.54, 1.807) is 14.0 Å². The van der Waals surface area contributed by atoms with Crippen molar-refractivity contribution >= 4 is 11.9 Å². The standard InChI is InChI=1S/C22H23N3O4/c1-13-7-9-15(10-8-13)25-19-6-4-5-17(19)20(23-25)21(26)24(3)12-16-11-18(22(27)28)14(2)29-16/h7-11H,4-6,12H2,1-3H3,(H,27,28). The average Bonchev–Trinajstić information content (AvgIpc) is 3.37. The van der Waals surface area contributed by atoms with E-state index in [9.17, 15) is 14.7 Å². The second-order valence-corrected chi connectivity index (χ2v) is 7.52. The van der Waals surface area contributed by atoms with Crippen molar-refractivity contribution in [1.29, 1.82) is 0 Å². The van der Waals surface area contributed by atoms with Crippen LogP contribution in [0, 0.1) is 13.8 Å². The van der Waals surface area contributed by atoms with E-state index in [1.165, 1.54) is 16.5 Å². The fourth-order valence-electron chi connectivity index (χ4n) is 3.83. The highest BCUT2D eigenvalue weighted by atomic mass is 16.4. The van der Waals surface area contributed by atoms with E-state index in [2.05, 4.69) is 5.10 Å². The molecule has 0 atom stereocenters. The second-order valence-electron chi connectivity index (χ2n) is 7.52. The summed E-state index contributed by atoms with van der Waals surface area (Å²) in [5.74, 6) is -0.468. The number of aromatic carboxylic acids is 1. The van der Waals surface area contributed by atoms with Crippen molar-refractivity contribution in [2.24, 2.45) is 0 Å². The Hall–Kier alpha value is -3.35. The third-order valence-electron chi connectivity index (χ3n) is 5.35. The SMILES string of the molecule is Cc1ccc(-n2nc(C(=O)N(C)Cc3cc(C(=O)O)c(C)o3)c3c2CCC3)cc1. The minimum atomic E-state index is -1.04. The molecule has 1 aromatic carbocycles. The molecule has 2 aromatic heterocycles. The van der Waals surface area contributed by atoms with Crippen LogP contribution in [0.5, 0.6) is 0 Å². The summed E-state index contributed by atoms with van der Waals surface area (Å²) in [6, 6.07) is 9.56. The number of amides is 1. The Labute approximate surface area is 168 Å². The summed E-state index contributed by atoms with van der Waals surface area (Å²) in [6.45, 7) is 3.82. The summed E-state index contributed by atoms with van der Waals surface area (Å²) in [4.78, 5) is 25.9. The number of furan rings is 1. The molecule has 0 saturated heterocycles. The van der Waals surface area contributed by atoms with Gasteiger partial charge in [-0.25, -0.2) is 9.48 Å². The number of hydrogen-bond donors (Lipinski definition) is 1. The third-order valence-corrected chi connectivity index (χ3v) is 5.35. The fraction of sp³-hybridized carbons (Fsp3) is 0.318. The summed E-state index contributed by atoms with van der Waals surface area (Å²) in [6.07, 6.45) is 2.73. The first-order valence-electron chi connectivity index (χ1n) is 9.61. The van der Waals surface area contributed by atoms with E-state index in [0.717, 1.165) is 36.2 Å². The Bertz CT molecular complexity index is 1090. The summed E-state index contributed by atoms with van der Waals surface area (Å²) in [5, 5.41) is 13.8. The van der Waals surface area contributed by atoms with E-state index >= 15 is 0 Å². The van der Waals surface area contributed by atoms with Crippen LogP contribution in [0.4, 0.5) is 0 Å². The zero-order valence-electron chi connectivity index (χ0n) is 16.7. The number of rotatable bonds is 5. The molecule has 1 aliphatic carbocycles. The minimum absolute atomic E-state index is 0.116. The molecule has 3 aromatic rings. The maximum Gasteiger partial charge on any atom is 0.339 e. The van der Waals surface area contributed by atoms with Gasteiger partial charge in [-0.1, -0.05) is 17.7 Å². The van der Waals surface area contributed by atoms with Gasteiger partial charge in [0.25, 0.3) is 5.91 Å². The molecule has 0 bridgehead atoms. The molecule has 7 nitrogen and oxygen atoms in total. The summed E-state index contributed by atoms with van der Waals surface area (Å²) >= 11 is 0. The van der Waals surface area contributed by atoms with Gasteiger partial charge in [0.1, 0.15) is 17.1 Å². The molecule has 7 heteroatoms. The Kier molecular flexibility index (Phi) is 4.74. The predicted molar refractivity (Wildman–Crippen MR) is 107 cm³/mol. The number of benzene rings is 1. The van der Waals surface area contributed by atoms with Crippen molar-refractivity contribution in [3.63, 3.8) is 0 Å². The van der Waals surface area contributed by atoms with Crippen LogP contribution in [0.1, 0.15) is 55.6 Å². The summed E-state index contributed by atoms with van der Waals surface area (Å²) in [5.41, 5.74) is 4.79. The van der Waals surface area contributed by atoms with Gasteiger partial charge >= 0.3 is 5.97 Å². The molecule has 0 unspecified atom stereocenters. The number of carboxylic acid groups (broad SMARTS) is 1. The van der Waals surface area contributed by atoms with Crippen LogP contribution in [0.3, 0.4) is 0 Å². The van der Waals surface area contributed by atoms with Crippen molar-refractivity contribution in [2.75, 3.05) is 7.05 Å². The molecule has 0 saturated carbocycles. The molecule has 2 heterocycles. The summed E-state index contributed by atoms with van der Waals surface area (Å²) < 4.78 is 7.39. The zero-order chi connectivity index (χ0) is 20.7. The van der Waals surface area contributed by atoms with Crippen LogP contribution in [0.25, 0.3) is 5.69 Å². The number of aryl methyl sites for hydroxylation is 2. The van der Waals surface area contributed by atoms with Crippen LogP contribution in [-0.4, -0.2) is 38.7 Å². The maximum absolute atomic E-state index is 13.1. The topological polar surface area (TPSA) is 88.6 Å². The van der Waals surface area contributed by atoms with Gasteiger partial charge in [-0.05, 0) is 51.3 Å². The molecular formula is C22H23N3O4. The number of fused-ring (bicyclic) bond motifs is 1. The van der Waals surface area contributed by atoms with Crippen LogP contribution in [0.2, 0.25) is 0 Å². The van der Waals surface area contributed by atoms with Gasteiger partial charge in [-0.15, -0.1) is 0 Å². The lowest BCUT2D eigenvalue weighted by atomic mass is 10.2. The van der Waals surface area contributed by atoms with Gasteiger partial charge in [0.2, 0.25) is 0 Å². The molecule has 1 aliphatic rings. The van der Waals surface area contributed by atoms with Gasteiger partial charge < -0.3 is 14.4 Å². The van der Waals surface area contributed by atoms with Gasteiger partial charge in [-0.2, -0.15) is 5.10 Å². The lowest BCUT2D eigenvalue weighted by molar-refractivity contribution is 0.0694. The molecule has 1 N–H and O–H groups in total. The van der Waals surface area contributed by atoms with Crippen LogP contribution in [-0.2, 0) is 19.4 Å². The van der Waals surface area contributed by atoms with E-state index in [0.29, 0.717) is 17.2 Å². The van der Waals surface area contributed by atoms with Gasteiger partial charge in [0, 0.05) is 18.3 Å². The average molecular weight is 393 g/mol. The maximum atomic E-state index is 13.1. The van der Waals surface area contributed by atoms with E-state index in [1.807, 2.05) is 35.9 Å². The highest BCUT2D eigenvalue weighted by molar-refractivity contribution is 5.94. The monoisotopic (exact) mass is 393 g/mol. The van der Waals surface area contributed by atoms with E-state index in [-0.39, 0.29) is 18.0 Å². The molecule has 0 fully saturated rings. The van der Waals surface area contributed by atoms with Gasteiger partial charge in [0.15, 0.2) is 5.69 Å². The first-order chi connectivity index (χ1) is 13.8. The Morgan fingerprint density at radius 3 is 2.59 bits per heavy atom. The molecule has 0 spiro atoms. The van der Waals surface area contributed by atoms with Crippen molar-refractivity contribution < 1.29 is 19.1 Å². The van der Waals surface area contributed by atoms with Crippen molar-refractivity contribution in [1.82, 2.24) is 14.7 Å². The number of carbonyl (C=O) groups is 2. The van der Waals surface area contributed by atoms with E-state index in [4.69, 9.17) is 4.42 Å². The summed E-state index contributed by atoms with van der Waals surface area (Å²) in [7, 11) is 1.67. The number of aromatic nitrogens is 2. The normalized spacial score (nSPS) is 12.8. The molecule has 150 valence electrons. The molecule has 29 heavy (non-hydrogen) atoms. The lowest BCUT2D eigenvalue weighted by Crippen LogP contribution is -2.27. The first kappa shape index (κ1) is 19.0. The Morgan fingerprint density at radius 1 is 1.21 bits per heavy atom. The molecule has 0 aliphatic heterocycles.